The van der Waals surface area contributed by atoms with Crippen LogP contribution in [0.2, 0.25) is 10.2 Å². The van der Waals surface area contributed by atoms with Crippen molar-refractivity contribution in [3.63, 3.8) is 0 Å². The Bertz CT molecular complexity index is 1530. The van der Waals surface area contributed by atoms with Gasteiger partial charge in [0.25, 0.3) is 5.56 Å². The molecule has 0 unspecified atom stereocenters. The molecule has 0 radical (unpaired) electrons. The Labute approximate surface area is 218 Å². The van der Waals surface area contributed by atoms with Gasteiger partial charge in [-0.2, -0.15) is 0 Å². The van der Waals surface area contributed by atoms with Gasteiger partial charge in [-0.3, -0.25) is 9.20 Å². The average Bonchev–Trinajstić information content (AvgIpc) is 3.26. The molecule has 0 fully saturated rings. The first kappa shape index (κ1) is 23.6. The number of hydrogen-bond donors (Lipinski definition) is 2. The van der Waals surface area contributed by atoms with Crippen molar-refractivity contribution < 1.29 is 9.90 Å². The second-order valence-corrected chi connectivity index (χ2v) is 9.80. The Kier molecular flexibility index (Phi) is 6.16. The predicted molar refractivity (Wildman–Crippen MR) is 139 cm³/mol. The highest BCUT2D eigenvalue weighted by molar-refractivity contribution is 9.10. The van der Waals surface area contributed by atoms with Crippen LogP contribution in [0.5, 0.6) is 0 Å². The Morgan fingerprint density at radius 2 is 1.83 bits per heavy atom. The average molecular weight is 575 g/mol. The van der Waals surface area contributed by atoms with E-state index in [0.29, 0.717) is 39.6 Å². The van der Waals surface area contributed by atoms with Gasteiger partial charge in [0.05, 0.1) is 16.8 Å². The number of anilines is 2. The van der Waals surface area contributed by atoms with Crippen LogP contribution < -0.4 is 15.8 Å². The van der Waals surface area contributed by atoms with E-state index in [4.69, 9.17) is 28.2 Å². The first-order valence-corrected chi connectivity index (χ1v) is 12.2. The zero-order chi connectivity index (χ0) is 24.9. The highest BCUT2D eigenvalue weighted by Crippen LogP contribution is 2.33. The van der Waals surface area contributed by atoms with E-state index in [1.54, 1.807) is 12.1 Å². The monoisotopic (exact) mass is 573 g/mol. The first-order valence-electron chi connectivity index (χ1n) is 10.6. The van der Waals surface area contributed by atoms with Gasteiger partial charge in [0, 0.05) is 24.8 Å². The minimum Gasteiger partial charge on any atom is -0.476 e. The number of rotatable bonds is 5. The Morgan fingerprint density at radius 3 is 2.49 bits per heavy atom. The number of fused-ring (bicyclic) bond motifs is 2. The molecule has 8 nitrogen and oxygen atoms in total. The molecule has 0 amide bonds. The standard InChI is InChI=1S/C24H18BrCl2N5O3/c1-12(28-17-6-7-18(27)29-20(17)24(34)35)16-8-15(26)11-32-21(16)30-22(19(25)23(32)33)31-9-13-4-2-3-5-14(13)10-31/h2-8,11-12,28H,9-10H2,1H3,(H,34,35)/t12-/m1/s1. The van der Waals surface area contributed by atoms with Crippen molar-refractivity contribution in [3.05, 3.63) is 96.0 Å². The first-order chi connectivity index (χ1) is 16.7. The van der Waals surface area contributed by atoms with E-state index < -0.39 is 12.0 Å². The number of halogens is 3. The molecular formula is C24H18BrCl2N5O3. The second kappa shape index (κ2) is 9.14. The lowest BCUT2D eigenvalue weighted by molar-refractivity contribution is 0.0691. The van der Waals surface area contributed by atoms with Gasteiger partial charge in [-0.25, -0.2) is 14.8 Å². The second-order valence-electron chi connectivity index (χ2n) is 8.19. The van der Waals surface area contributed by atoms with Crippen LogP contribution in [0.1, 0.15) is 40.1 Å². The molecule has 35 heavy (non-hydrogen) atoms. The van der Waals surface area contributed by atoms with E-state index in [1.165, 1.54) is 27.8 Å². The summed E-state index contributed by atoms with van der Waals surface area (Å²) < 4.78 is 1.73. The van der Waals surface area contributed by atoms with Gasteiger partial charge in [0.15, 0.2) is 11.5 Å². The van der Waals surface area contributed by atoms with Gasteiger partial charge in [0.2, 0.25) is 0 Å². The van der Waals surface area contributed by atoms with E-state index in [0.717, 1.165) is 0 Å². The molecule has 5 rings (SSSR count). The fourth-order valence-corrected chi connectivity index (χ4v) is 5.13. The lowest BCUT2D eigenvalue weighted by atomic mass is 10.1. The summed E-state index contributed by atoms with van der Waals surface area (Å²) in [5.41, 5.74) is 3.17. The normalized spacial score (nSPS) is 13.7. The number of benzene rings is 1. The van der Waals surface area contributed by atoms with Crippen molar-refractivity contribution in [2.45, 2.75) is 26.1 Å². The molecule has 1 atom stereocenters. The summed E-state index contributed by atoms with van der Waals surface area (Å²) in [6.07, 6.45) is 1.52. The summed E-state index contributed by atoms with van der Waals surface area (Å²) in [5, 5.41) is 13.1. The van der Waals surface area contributed by atoms with Crippen molar-refractivity contribution in [2.75, 3.05) is 10.2 Å². The Hall–Kier alpha value is -3.14. The SMILES string of the molecule is C[C@@H](Nc1ccc(Cl)nc1C(=O)O)c1cc(Cl)cn2c(=O)c(Br)c(N3Cc4ccccc4C3)nc12. The quantitative estimate of drug-likeness (QED) is 0.301. The van der Waals surface area contributed by atoms with Crippen LogP contribution in [-0.4, -0.2) is 25.4 Å². The number of aromatic carboxylic acids is 1. The van der Waals surface area contributed by atoms with Gasteiger partial charge >= 0.3 is 5.97 Å². The summed E-state index contributed by atoms with van der Waals surface area (Å²) in [4.78, 5) is 35.8. The van der Waals surface area contributed by atoms with Crippen LogP contribution in [0.25, 0.3) is 5.65 Å². The molecule has 3 aromatic heterocycles. The summed E-state index contributed by atoms with van der Waals surface area (Å²) in [6.45, 7) is 3.09. The minimum atomic E-state index is -1.22. The maximum absolute atomic E-state index is 13.3. The molecule has 11 heteroatoms. The third-order valence-corrected chi connectivity index (χ3v) is 7.00. The summed E-state index contributed by atoms with van der Waals surface area (Å²) >= 11 is 15.7. The molecule has 1 aliphatic rings. The number of nitrogens with one attached hydrogen (secondary N) is 1. The molecule has 0 saturated heterocycles. The van der Waals surface area contributed by atoms with E-state index in [-0.39, 0.29) is 22.1 Å². The van der Waals surface area contributed by atoms with Crippen molar-refractivity contribution in [1.82, 2.24) is 14.4 Å². The molecule has 0 spiro atoms. The zero-order valence-corrected chi connectivity index (χ0v) is 21.4. The molecule has 4 heterocycles. The van der Waals surface area contributed by atoms with Gasteiger partial charge in [-0.05, 0) is 52.2 Å². The molecule has 4 aromatic rings. The van der Waals surface area contributed by atoms with Crippen LogP contribution in [0, 0.1) is 0 Å². The highest BCUT2D eigenvalue weighted by Gasteiger charge is 2.25. The number of carboxylic acids is 1. The third kappa shape index (κ3) is 4.35. The zero-order valence-electron chi connectivity index (χ0n) is 18.3. The van der Waals surface area contributed by atoms with E-state index in [1.807, 2.05) is 24.0 Å². The van der Waals surface area contributed by atoms with Crippen LogP contribution in [0.3, 0.4) is 0 Å². The van der Waals surface area contributed by atoms with Crippen LogP contribution >= 0.6 is 39.1 Å². The number of carboxylic acid groups (broad SMARTS) is 1. The maximum atomic E-state index is 13.3. The molecular weight excluding hydrogens is 557 g/mol. The number of carbonyl (C=O) groups is 1. The van der Waals surface area contributed by atoms with E-state index in [2.05, 4.69) is 38.4 Å². The van der Waals surface area contributed by atoms with E-state index in [9.17, 15) is 14.7 Å². The van der Waals surface area contributed by atoms with E-state index >= 15 is 0 Å². The summed E-state index contributed by atoms with van der Waals surface area (Å²) in [7, 11) is 0. The minimum absolute atomic E-state index is 0.0723. The third-order valence-electron chi connectivity index (χ3n) is 5.89. The molecule has 178 valence electrons. The van der Waals surface area contributed by atoms with Crippen LogP contribution in [-0.2, 0) is 13.1 Å². The fourth-order valence-electron chi connectivity index (χ4n) is 4.23. The van der Waals surface area contributed by atoms with Gasteiger partial charge in [-0.1, -0.05) is 47.5 Å². The smallest absolute Gasteiger partial charge is 0.356 e. The van der Waals surface area contributed by atoms with Gasteiger partial charge < -0.3 is 15.3 Å². The topological polar surface area (TPSA) is 99.8 Å². The fraction of sp³-hybridized carbons (Fsp3) is 0.167. The molecule has 2 N–H and O–H groups in total. The lowest BCUT2D eigenvalue weighted by Crippen LogP contribution is -2.25. The van der Waals surface area contributed by atoms with Crippen molar-refractivity contribution in [1.29, 1.82) is 0 Å². The van der Waals surface area contributed by atoms with Crippen LogP contribution in [0.4, 0.5) is 11.5 Å². The molecule has 0 saturated carbocycles. The predicted octanol–water partition coefficient (Wildman–Crippen LogP) is 5.55. The van der Waals surface area contributed by atoms with Crippen LogP contribution in [0.15, 0.2) is 57.9 Å². The largest absolute Gasteiger partial charge is 0.476 e. The van der Waals surface area contributed by atoms with Crippen molar-refractivity contribution in [2.24, 2.45) is 0 Å². The number of pyridine rings is 2. The van der Waals surface area contributed by atoms with Gasteiger partial charge in [-0.15, -0.1) is 0 Å². The number of nitrogens with zero attached hydrogens (tertiary/aromatic N) is 4. The van der Waals surface area contributed by atoms with Crippen molar-refractivity contribution in [3.8, 4) is 0 Å². The molecule has 1 aromatic carbocycles. The lowest BCUT2D eigenvalue weighted by Gasteiger charge is -2.22. The summed E-state index contributed by atoms with van der Waals surface area (Å²) in [5.74, 6) is -0.686. The highest BCUT2D eigenvalue weighted by atomic mass is 79.9. The maximum Gasteiger partial charge on any atom is 0.356 e. The number of aromatic nitrogens is 3. The summed E-state index contributed by atoms with van der Waals surface area (Å²) in [6, 6.07) is 12.4. The Balaban J connectivity index is 1.60. The molecule has 0 bridgehead atoms. The Morgan fingerprint density at radius 1 is 1.14 bits per heavy atom. The molecule has 1 aliphatic heterocycles. The number of hydrogen-bond acceptors (Lipinski definition) is 6. The molecule has 0 aliphatic carbocycles. The van der Waals surface area contributed by atoms with Gasteiger partial charge in [0.1, 0.15) is 15.3 Å². The van der Waals surface area contributed by atoms with Crippen molar-refractivity contribution >= 4 is 62.3 Å².